The fourth-order valence-electron chi connectivity index (χ4n) is 2.39. The highest BCUT2D eigenvalue weighted by Crippen LogP contribution is 2.29. The molecule has 0 radical (unpaired) electrons. The van der Waals surface area contributed by atoms with Gasteiger partial charge in [0.1, 0.15) is 4.90 Å². The number of sulfonamides is 2. The number of nitriles is 1. The van der Waals surface area contributed by atoms with Gasteiger partial charge in [-0.05, 0) is 30.5 Å². The molecule has 24 heavy (non-hydrogen) atoms. The number of nitrogens with zero attached hydrogens (tertiary/aromatic N) is 2. The van der Waals surface area contributed by atoms with Crippen LogP contribution in [0.15, 0.2) is 35.1 Å². The largest absolute Gasteiger partial charge is 0.244 e. The van der Waals surface area contributed by atoms with Crippen LogP contribution in [-0.4, -0.2) is 40.8 Å². The van der Waals surface area contributed by atoms with Crippen LogP contribution in [0.1, 0.15) is 12.0 Å². The summed E-state index contributed by atoms with van der Waals surface area (Å²) < 4.78 is 51.7. The molecule has 2 rings (SSSR count). The van der Waals surface area contributed by atoms with Gasteiger partial charge < -0.3 is 0 Å². The first-order valence-corrected chi connectivity index (χ1v) is 10.4. The van der Waals surface area contributed by atoms with Gasteiger partial charge in [-0.2, -0.15) is 9.57 Å². The Morgan fingerprint density at radius 2 is 2.12 bits per heavy atom. The van der Waals surface area contributed by atoms with Crippen LogP contribution in [0.5, 0.6) is 0 Å². The first-order chi connectivity index (χ1) is 11.2. The Morgan fingerprint density at radius 1 is 1.42 bits per heavy atom. The van der Waals surface area contributed by atoms with Crippen LogP contribution in [0.3, 0.4) is 0 Å². The van der Waals surface area contributed by atoms with E-state index in [0.717, 1.165) is 5.41 Å². The van der Waals surface area contributed by atoms with E-state index in [1.807, 2.05) is 6.07 Å². The highest BCUT2D eigenvalue weighted by Gasteiger charge is 2.34. The molecule has 1 aliphatic rings. The van der Waals surface area contributed by atoms with Crippen LogP contribution in [0.25, 0.3) is 0 Å². The molecule has 1 saturated heterocycles. The average molecular weight is 390 g/mol. The van der Waals surface area contributed by atoms with Crippen molar-refractivity contribution in [2.75, 3.05) is 19.6 Å². The van der Waals surface area contributed by atoms with Gasteiger partial charge in [0, 0.05) is 25.0 Å². The second-order valence-corrected chi connectivity index (χ2v) is 9.36. The zero-order valence-corrected chi connectivity index (χ0v) is 15.0. The lowest BCUT2D eigenvalue weighted by atomic mass is 10.1. The van der Waals surface area contributed by atoms with Crippen LogP contribution >= 0.6 is 11.6 Å². The summed E-state index contributed by atoms with van der Waals surface area (Å²) >= 11 is 5.99. The van der Waals surface area contributed by atoms with Gasteiger partial charge in [0.05, 0.1) is 16.7 Å². The molecule has 1 N–H and O–H groups in total. The maximum Gasteiger partial charge on any atom is 0.244 e. The molecule has 1 atom stereocenters. The standard InChI is InChI=1S/C14H16ClN3O4S2/c1-2-23(19,20)17-9-12-5-6-18(10-12)24(21,22)14-4-3-11(8-16)7-13(14)15/h2-4,7,12,17H,1,5-6,9-10H2. The topological polar surface area (TPSA) is 107 Å². The Balaban J connectivity index is 2.12. The second-order valence-electron chi connectivity index (χ2n) is 5.33. The van der Waals surface area contributed by atoms with E-state index in [1.165, 1.54) is 22.5 Å². The Kier molecular flexibility index (Phi) is 5.67. The summed E-state index contributed by atoms with van der Waals surface area (Å²) in [5, 5.41) is 9.62. The molecular formula is C14H16ClN3O4S2. The van der Waals surface area contributed by atoms with Gasteiger partial charge in [0.15, 0.2) is 0 Å². The molecular weight excluding hydrogens is 374 g/mol. The van der Waals surface area contributed by atoms with Gasteiger partial charge in [-0.3, -0.25) is 0 Å². The lowest BCUT2D eigenvalue weighted by molar-refractivity contribution is 0.455. The SMILES string of the molecule is C=CS(=O)(=O)NCC1CCN(S(=O)(=O)c2ccc(C#N)cc2Cl)C1. The van der Waals surface area contributed by atoms with E-state index >= 15 is 0 Å². The van der Waals surface area contributed by atoms with Crippen LogP contribution < -0.4 is 4.72 Å². The number of hydrogen-bond donors (Lipinski definition) is 1. The van der Waals surface area contributed by atoms with Crippen molar-refractivity contribution in [3.8, 4) is 6.07 Å². The fraction of sp³-hybridized carbons (Fsp3) is 0.357. The van der Waals surface area contributed by atoms with Gasteiger partial charge >= 0.3 is 0 Å². The molecule has 130 valence electrons. The third-order valence-corrected chi connectivity index (χ3v) is 7.08. The van der Waals surface area contributed by atoms with Gasteiger partial charge in [0.25, 0.3) is 0 Å². The van der Waals surface area contributed by atoms with Crippen LogP contribution in [0.4, 0.5) is 0 Å². The summed E-state index contributed by atoms with van der Waals surface area (Å²) in [6, 6.07) is 5.90. The first-order valence-electron chi connectivity index (χ1n) is 7.01. The van der Waals surface area contributed by atoms with Crippen molar-refractivity contribution >= 4 is 31.6 Å². The van der Waals surface area contributed by atoms with Crippen molar-refractivity contribution < 1.29 is 16.8 Å². The molecule has 1 fully saturated rings. The summed E-state index contributed by atoms with van der Waals surface area (Å²) in [6.07, 6.45) is 0.535. The van der Waals surface area contributed by atoms with E-state index in [9.17, 15) is 16.8 Å². The Labute approximate surface area is 146 Å². The van der Waals surface area contributed by atoms with Crippen molar-refractivity contribution in [2.24, 2.45) is 5.92 Å². The van der Waals surface area contributed by atoms with Gasteiger partial charge in [-0.1, -0.05) is 18.2 Å². The molecule has 0 aliphatic carbocycles. The summed E-state index contributed by atoms with van der Waals surface area (Å²) in [7, 11) is -7.32. The smallest absolute Gasteiger partial charge is 0.211 e. The number of rotatable bonds is 6. The van der Waals surface area contributed by atoms with Crippen LogP contribution in [0.2, 0.25) is 5.02 Å². The predicted octanol–water partition coefficient (Wildman–Crippen LogP) is 1.29. The fourth-order valence-corrected chi connectivity index (χ4v) is 5.03. The maximum atomic E-state index is 12.7. The van der Waals surface area contributed by atoms with E-state index in [0.29, 0.717) is 6.42 Å². The Bertz CT molecular complexity index is 891. The normalized spacial score (nSPS) is 19.1. The molecule has 7 nitrogen and oxygen atoms in total. The quantitative estimate of drug-likeness (QED) is 0.788. The molecule has 10 heteroatoms. The summed E-state index contributed by atoms with van der Waals surface area (Å²) in [6.45, 7) is 3.81. The van der Waals surface area contributed by atoms with Gasteiger partial charge in [-0.15, -0.1) is 0 Å². The summed E-state index contributed by atoms with van der Waals surface area (Å²) in [4.78, 5) is -0.0597. The zero-order valence-electron chi connectivity index (χ0n) is 12.6. The van der Waals surface area contributed by atoms with E-state index in [2.05, 4.69) is 11.3 Å². The molecule has 1 aliphatic heterocycles. The zero-order chi connectivity index (χ0) is 18.0. The highest BCUT2D eigenvalue weighted by atomic mass is 35.5. The average Bonchev–Trinajstić information content (AvgIpc) is 3.02. The minimum Gasteiger partial charge on any atom is -0.211 e. The predicted molar refractivity (Wildman–Crippen MR) is 90.2 cm³/mol. The second kappa shape index (κ2) is 7.21. The van der Waals surface area contributed by atoms with Crippen molar-refractivity contribution in [2.45, 2.75) is 11.3 Å². The lowest BCUT2D eigenvalue weighted by Crippen LogP contribution is -2.32. The molecule has 1 unspecified atom stereocenters. The minimum atomic E-state index is -3.79. The number of halogens is 1. The van der Waals surface area contributed by atoms with Crippen molar-refractivity contribution in [3.05, 3.63) is 40.8 Å². The van der Waals surface area contributed by atoms with Crippen molar-refractivity contribution in [1.82, 2.24) is 9.03 Å². The highest BCUT2D eigenvalue weighted by molar-refractivity contribution is 7.92. The van der Waals surface area contributed by atoms with Crippen LogP contribution in [0, 0.1) is 17.2 Å². The molecule has 1 aromatic carbocycles. The molecule has 0 spiro atoms. The molecule has 0 saturated carbocycles. The van der Waals surface area contributed by atoms with Crippen molar-refractivity contribution in [3.63, 3.8) is 0 Å². The van der Waals surface area contributed by atoms with Gasteiger partial charge in [0.2, 0.25) is 20.0 Å². The Morgan fingerprint density at radius 3 is 2.71 bits per heavy atom. The molecule has 0 aromatic heterocycles. The van der Waals surface area contributed by atoms with E-state index in [4.69, 9.17) is 16.9 Å². The van der Waals surface area contributed by atoms with E-state index < -0.39 is 20.0 Å². The minimum absolute atomic E-state index is 0.00939. The molecule has 1 aromatic rings. The molecule has 0 bridgehead atoms. The third kappa shape index (κ3) is 4.15. The molecule has 1 heterocycles. The van der Waals surface area contributed by atoms with Gasteiger partial charge in [-0.25, -0.2) is 21.6 Å². The maximum absolute atomic E-state index is 12.7. The van der Waals surface area contributed by atoms with E-state index in [-0.39, 0.29) is 41.0 Å². The van der Waals surface area contributed by atoms with Crippen LogP contribution in [-0.2, 0) is 20.0 Å². The van der Waals surface area contributed by atoms with E-state index in [1.54, 1.807) is 0 Å². The third-order valence-electron chi connectivity index (χ3n) is 3.72. The monoisotopic (exact) mass is 389 g/mol. The number of hydrogen-bond acceptors (Lipinski definition) is 5. The summed E-state index contributed by atoms with van der Waals surface area (Å²) in [5.74, 6) is -0.133. The Hall–Kier alpha value is -1.44. The number of nitrogens with one attached hydrogen (secondary N) is 1. The first kappa shape index (κ1) is 18.9. The van der Waals surface area contributed by atoms with Crippen molar-refractivity contribution in [1.29, 1.82) is 5.26 Å². The summed E-state index contributed by atoms with van der Waals surface area (Å²) in [5.41, 5.74) is 0.275. The lowest BCUT2D eigenvalue weighted by Gasteiger charge is -2.17. The number of benzene rings is 1. The molecule has 0 amide bonds.